The number of pyridine rings is 1. The lowest BCUT2D eigenvalue weighted by Crippen LogP contribution is -2.27. The molecule has 0 saturated heterocycles. The van der Waals surface area contributed by atoms with Crippen LogP contribution in [0.15, 0.2) is 72.0 Å². The Morgan fingerprint density at radius 3 is 2.24 bits per heavy atom. The fraction of sp³-hybridized carbons (Fsp3) is 0.267. The van der Waals surface area contributed by atoms with Crippen LogP contribution in [0, 0.1) is 0 Å². The normalized spacial score (nSPS) is 13.3. The number of fused-ring (bicyclic) bond motifs is 5. The first-order chi connectivity index (χ1) is 18.1. The summed E-state index contributed by atoms with van der Waals surface area (Å²) in [5.41, 5.74) is 6.77. The average molecular weight is 525 g/mol. The van der Waals surface area contributed by atoms with Gasteiger partial charge in [-0.3, -0.25) is 9.69 Å². The predicted octanol–water partition coefficient (Wildman–Crippen LogP) is 7.70. The second kappa shape index (κ2) is 10.2. The summed E-state index contributed by atoms with van der Waals surface area (Å²) in [6.07, 6.45) is 6.24. The molecule has 0 fully saturated rings. The first-order valence-corrected chi connectivity index (χ1v) is 14.6. The molecule has 0 spiro atoms. The maximum absolute atomic E-state index is 13.6. The van der Waals surface area contributed by atoms with Gasteiger partial charge in [-0.1, -0.05) is 62.0 Å². The Bertz CT molecular complexity index is 1540. The number of benzene rings is 2. The third-order valence-electron chi connectivity index (χ3n) is 6.88. The summed E-state index contributed by atoms with van der Waals surface area (Å²) in [7, 11) is 0. The highest BCUT2D eigenvalue weighted by molar-refractivity contribution is 8.00. The van der Waals surface area contributed by atoms with Crippen LogP contribution in [0.4, 0.5) is 11.4 Å². The van der Waals surface area contributed by atoms with E-state index < -0.39 is 0 Å². The second-order valence-electron chi connectivity index (χ2n) is 9.64. The molecule has 3 aromatic heterocycles. The molecule has 0 saturated carbocycles. The number of para-hydroxylation sites is 2. The van der Waals surface area contributed by atoms with Crippen LogP contribution in [0.3, 0.4) is 0 Å². The van der Waals surface area contributed by atoms with Crippen molar-refractivity contribution < 1.29 is 4.79 Å². The van der Waals surface area contributed by atoms with Crippen molar-refractivity contribution in [3.8, 4) is 0 Å². The molecule has 0 radical (unpaired) electrons. The smallest absolute Gasteiger partial charge is 0.241 e. The van der Waals surface area contributed by atoms with Crippen molar-refractivity contribution in [2.24, 2.45) is 0 Å². The van der Waals surface area contributed by atoms with E-state index in [9.17, 15) is 4.79 Å². The number of carbonyl (C=O) groups excluding carboxylic acids is 1. The minimum absolute atomic E-state index is 0.00729. The van der Waals surface area contributed by atoms with Crippen molar-refractivity contribution in [1.29, 1.82) is 0 Å². The van der Waals surface area contributed by atoms with Crippen LogP contribution in [0.1, 0.15) is 49.4 Å². The van der Waals surface area contributed by atoms with E-state index >= 15 is 0 Å². The van der Waals surface area contributed by atoms with Crippen LogP contribution in [0.25, 0.3) is 20.4 Å². The maximum atomic E-state index is 13.6. The predicted molar refractivity (Wildman–Crippen MR) is 154 cm³/mol. The first kappa shape index (κ1) is 24.1. The molecule has 5 nitrogen and oxygen atoms in total. The van der Waals surface area contributed by atoms with Crippen LogP contribution >= 0.6 is 23.1 Å². The van der Waals surface area contributed by atoms with E-state index in [4.69, 9.17) is 9.97 Å². The largest absolute Gasteiger partial charge is 0.280 e. The summed E-state index contributed by atoms with van der Waals surface area (Å²) >= 11 is 3.14. The molecule has 6 rings (SSSR count). The third kappa shape index (κ3) is 4.51. The number of carbonyl (C=O) groups is 1. The molecule has 2 aromatic carbocycles. The fourth-order valence-electron chi connectivity index (χ4n) is 5.23. The summed E-state index contributed by atoms with van der Waals surface area (Å²) in [6, 6.07) is 19.6. The van der Waals surface area contributed by atoms with Gasteiger partial charge in [0, 0.05) is 22.5 Å². The number of aryl methyl sites for hydroxylation is 1. The quantitative estimate of drug-likeness (QED) is 0.168. The van der Waals surface area contributed by atoms with E-state index in [-0.39, 0.29) is 11.7 Å². The molecule has 37 heavy (non-hydrogen) atoms. The Balaban J connectivity index is 1.37. The highest BCUT2D eigenvalue weighted by atomic mass is 32.2. The van der Waals surface area contributed by atoms with E-state index in [0.717, 1.165) is 44.3 Å². The van der Waals surface area contributed by atoms with Gasteiger partial charge in [-0.2, -0.15) is 0 Å². The maximum Gasteiger partial charge on any atom is 0.241 e. The number of anilines is 2. The highest BCUT2D eigenvalue weighted by Crippen LogP contribution is 2.42. The van der Waals surface area contributed by atoms with Crippen LogP contribution in [-0.2, 0) is 17.6 Å². The van der Waals surface area contributed by atoms with Crippen LogP contribution in [0.2, 0.25) is 0 Å². The lowest BCUT2D eigenvalue weighted by molar-refractivity contribution is -0.115. The number of thioether (sulfide) groups is 1. The lowest BCUT2D eigenvalue weighted by atomic mass is 9.86. The molecule has 0 unspecified atom stereocenters. The molecule has 5 aromatic rings. The Morgan fingerprint density at radius 2 is 1.59 bits per heavy atom. The summed E-state index contributed by atoms with van der Waals surface area (Å²) in [5, 5.41) is 2.04. The Labute approximate surface area is 225 Å². The standard InChI is InChI=1S/C30H28N4OS2/c1-19(2)26-23-16-10-9-15-22(23)25-27-28(37-29(25)33-26)30(32-18-31-27)36-17-24(35)34(20-11-5-3-6-12-20)21-13-7-4-8-14-21/h3-8,11-14,18-19H,9-10,15-17H2,1-2H3. The van der Waals surface area contributed by atoms with Gasteiger partial charge in [0.05, 0.1) is 16.0 Å². The summed E-state index contributed by atoms with van der Waals surface area (Å²) in [5.74, 6) is 0.668. The van der Waals surface area contributed by atoms with Crippen molar-refractivity contribution in [3.63, 3.8) is 0 Å². The van der Waals surface area contributed by atoms with Crippen molar-refractivity contribution in [2.75, 3.05) is 10.7 Å². The van der Waals surface area contributed by atoms with Gasteiger partial charge in [0.25, 0.3) is 0 Å². The average Bonchev–Trinajstić information content (AvgIpc) is 3.32. The molecular formula is C30H28N4OS2. The van der Waals surface area contributed by atoms with Crippen molar-refractivity contribution in [2.45, 2.75) is 50.5 Å². The zero-order valence-corrected chi connectivity index (χ0v) is 22.6. The number of thiophene rings is 1. The van der Waals surface area contributed by atoms with Crippen LogP contribution in [0.5, 0.6) is 0 Å². The van der Waals surface area contributed by atoms with Crippen LogP contribution in [-0.4, -0.2) is 26.6 Å². The molecule has 0 bridgehead atoms. The van der Waals surface area contributed by atoms with Gasteiger partial charge in [0.1, 0.15) is 16.2 Å². The molecule has 0 atom stereocenters. The molecule has 7 heteroatoms. The number of nitrogens with zero attached hydrogens (tertiary/aromatic N) is 4. The van der Waals surface area contributed by atoms with Crippen molar-refractivity contribution in [3.05, 3.63) is 83.8 Å². The zero-order valence-electron chi connectivity index (χ0n) is 21.0. The molecule has 186 valence electrons. The van der Waals surface area contributed by atoms with Gasteiger partial charge < -0.3 is 0 Å². The van der Waals surface area contributed by atoms with Gasteiger partial charge in [-0.25, -0.2) is 15.0 Å². The summed E-state index contributed by atoms with van der Waals surface area (Å²) in [4.78, 5) is 30.9. The van der Waals surface area contributed by atoms with Crippen LogP contribution < -0.4 is 4.90 Å². The topological polar surface area (TPSA) is 59.0 Å². The van der Waals surface area contributed by atoms with Crippen molar-refractivity contribution >= 4 is 60.8 Å². The fourth-order valence-corrected chi connectivity index (χ4v) is 7.33. The van der Waals surface area contributed by atoms with Gasteiger partial charge in [-0.05, 0) is 67.0 Å². The minimum Gasteiger partial charge on any atom is -0.280 e. The first-order valence-electron chi connectivity index (χ1n) is 12.8. The molecule has 1 aliphatic carbocycles. The Hall–Kier alpha value is -3.29. The number of hydrogen-bond acceptors (Lipinski definition) is 6. The highest BCUT2D eigenvalue weighted by Gasteiger charge is 2.25. The molecule has 3 heterocycles. The zero-order chi connectivity index (χ0) is 25.4. The van der Waals surface area contributed by atoms with Gasteiger partial charge in [0.15, 0.2) is 0 Å². The molecule has 1 amide bonds. The van der Waals surface area contributed by atoms with Gasteiger partial charge in [0.2, 0.25) is 5.91 Å². The van der Waals surface area contributed by atoms with E-state index in [1.54, 1.807) is 22.6 Å². The van der Waals surface area contributed by atoms with E-state index in [1.807, 2.05) is 60.7 Å². The Kier molecular flexibility index (Phi) is 6.65. The molecular weight excluding hydrogens is 496 g/mol. The number of amides is 1. The van der Waals surface area contributed by atoms with E-state index in [0.29, 0.717) is 5.92 Å². The SMILES string of the molecule is CC(C)c1nc2sc3c(SCC(=O)N(c4ccccc4)c4ccccc4)ncnc3c2c2c1CCCC2. The van der Waals surface area contributed by atoms with E-state index in [2.05, 4.69) is 18.8 Å². The van der Waals surface area contributed by atoms with E-state index in [1.165, 1.54) is 46.8 Å². The number of aromatic nitrogens is 3. The van der Waals surface area contributed by atoms with Gasteiger partial charge in [-0.15, -0.1) is 11.3 Å². The number of rotatable bonds is 6. The second-order valence-corrected chi connectivity index (χ2v) is 11.6. The lowest BCUT2D eigenvalue weighted by Gasteiger charge is -2.23. The van der Waals surface area contributed by atoms with Gasteiger partial charge >= 0.3 is 0 Å². The molecule has 0 N–H and O–H groups in total. The summed E-state index contributed by atoms with van der Waals surface area (Å²) < 4.78 is 1.03. The number of hydrogen-bond donors (Lipinski definition) is 0. The van der Waals surface area contributed by atoms with Crippen molar-refractivity contribution in [1.82, 2.24) is 15.0 Å². The summed E-state index contributed by atoms with van der Waals surface area (Å²) in [6.45, 7) is 4.46. The Morgan fingerprint density at radius 1 is 0.946 bits per heavy atom. The monoisotopic (exact) mass is 524 g/mol. The minimum atomic E-state index is 0.00729. The molecule has 0 aliphatic heterocycles. The molecule has 1 aliphatic rings. The third-order valence-corrected chi connectivity index (χ3v) is 9.06.